The normalized spacial score (nSPS) is 11.1. The van der Waals surface area contributed by atoms with Crippen LogP contribution in [0.15, 0.2) is 60.7 Å². The summed E-state index contributed by atoms with van der Waals surface area (Å²) >= 11 is 0. The van der Waals surface area contributed by atoms with Crippen LogP contribution < -0.4 is 5.73 Å². The summed E-state index contributed by atoms with van der Waals surface area (Å²) in [7, 11) is 0. The Bertz CT molecular complexity index is 992. The van der Waals surface area contributed by atoms with Crippen LogP contribution in [0, 0.1) is 6.92 Å². The Hall–Kier alpha value is -2.94. The van der Waals surface area contributed by atoms with Crippen molar-refractivity contribution in [3.05, 3.63) is 66.4 Å². The summed E-state index contributed by atoms with van der Waals surface area (Å²) in [6.07, 6.45) is 0. The van der Waals surface area contributed by atoms with Gasteiger partial charge in [0.1, 0.15) is 11.3 Å². The minimum Gasteiger partial charge on any atom is -0.382 e. The van der Waals surface area contributed by atoms with Gasteiger partial charge < -0.3 is 5.73 Å². The maximum atomic E-state index is 6.12. The van der Waals surface area contributed by atoms with E-state index in [9.17, 15) is 0 Å². The first kappa shape index (κ1) is 12.8. The number of benzene rings is 2. The van der Waals surface area contributed by atoms with Crippen LogP contribution in [0.3, 0.4) is 0 Å². The summed E-state index contributed by atoms with van der Waals surface area (Å²) < 4.78 is 0. The molecule has 3 nitrogen and oxygen atoms in total. The van der Waals surface area contributed by atoms with Crippen LogP contribution in [0.1, 0.15) is 5.69 Å². The minimum absolute atomic E-state index is 0.484. The fourth-order valence-electron chi connectivity index (χ4n) is 2.93. The monoisotopic (exact) mass is 285 g/mol. The van der Waals surface area contributed by atoms with Crippen LogP contribution in [0.4, 0.5) is 5.82 Å². The molecule has 2 heterocycles. The molecule has 0 fully saturated rings. The van der Waals surface area contributed by atoms with E-state index in [0.717, 1.165) is 38.6 Å². The molecule has 4 rings (SSSR count). The molecule has 0 atom stereocenters. The van der Waals surface area contributed by atoms with Gasteiger partial charge in [-0.1, -0.05) is 54.6 Å². The molecule has 2 aromatic heterocycles. The standard InChI is InChI=1S/C19H15N3/c1-12-11-16-14-9-5-6-10-15(14)17(13-7-3-2-4-8-13)22-18(16)19(20)21-12/h2-11H,1H3,(H2,20,21). The summed E-state index contributed by atoms with van der Waals surface area (Å²) in [5.41, 5.74) is 9.82. The number of aryl methyl sites for hydroxylation is 1. The molecule has 0 spiro atoms. The van der Waals surface area contributed by atoms with Gasteiger partial charge in [0, 0.05) is 22.0 Å². The molecule has 0 amide bonds. The lowest BCUT2D eigenvalue weighted by Crippen LogP contribution is -1.98. The Morgan fingerprint density at radius 2 is 1.45 bits per heavy atom. The van der Waals surface area contributed by atoms with Gasteiger partial charge in [-0.25, -0.2) is 9.97 Å². The molecular weight excluding hydrogens is 270 g/mol. The number of nitrogens with two attached hydrogens (primary N) is 1. The van der Waals surface area contributed by atoms with Crippen molar-refractivity contribution in [1.82, 2.24) is 9.97 Å². The summed E-state index contributed by atoms with van der Waals surface area (Å²) in [6, 6.07) is 20.5. The van der Waals surface area contributed by atoms with E-state index >= 15 is 0 Å². The lowest BCUT2D eigenvalue weighted by Gasteiger charge is -2.11. The zero-order valence-corrected chi connectivity index (χ0v) is 12.2. The van der Waals surface area contributed by atoms with Gasteiger partial charge in [0.25, 0.3) is 0 Å². The van der Waals surface area contributed by atoms with Crippen molar-refractivity contribution < 1.29 is 0 Å². The molecule has 0 unspecified atom stereocenters. The number of anilines is 1. The molecule has 22 heavy (non-hydrogen) atoms. The second-order valence-electron chi connectivity index (χ2n) is 5.42. The molecule has 106 valence electrons. The van der Waals surface area contributed by atoms with E-state index in [1.165, 1.54) is 0 Å². The maximum absolute atomic E-state index is 6.12. The van der Waals surface area contributed by atoms with Gasteiger partial charge in [-0.05, 0) is 18.4 Å². The second kappa shape index (κ2) is 4.81. The van der Waals surface area contributed by atoms with E-state index in [-0.39, 0.29) is 0 Å². The number of hydrogen-bond acceptors (Lipinski definition) is 3. The van der Waals surface area contributed by atoms with E-state index in [1.54, 1.807) is 0 Å². The summed E-state index contributed by atoms with van der Waals surface area (Å²) in [6.45, 7) is 1.95. The molecule has 0 aliphatic carbocycles. The van der Waals surface area contributed by atoms with Crippen molar-refractivity contribution in [3.8, 4) is 11.3 Å². The SMILES string of the molecule is Cc1cc2c(nc(-c3ccccc3)c3ccccc32)c(N)n1. The summed E-state index contributed by atoms with van der Waals surface area (Å²) in [5, 5.41) is 3.34. The molecule has 0 bridgehead atoms. The van der Waals surface area contributed by atoms with Crippen molar-refractivity contribution in [2.45, 2.75) is 6.92 Å². The highest BCUT2D eigenvalue weighted by Gasteiger charge is 2.12. The van der Waals surface area contributed by atoms with Crippen LogP contribution in [-0.4, -0.2) is 9.97 Å². The van der Waals surface area contributed by atoms with Crippen LogP contribution >= 0.6 is 0 Å². The smallest absolute Gasteiger partial charge is 0.150 e. The number of nitrogens with zero attached hydrogens (tertiary/aromatic N) is 2. The van der Waals surface area contributed by atoms with Crippen molar-refractivity contribution in [2.24, 2.45) is 0 Å². The molecule has 3 heteroatoms. The van der Waals surface area contributed by atoms with Gasteiger partial charge in [0.05, 0.1) is 5.69 Å². The van der Waals surface area contributed by atoms with Gasteiger partial charge in [-0.15, -0.1) is 0 Å². The molecule has 0 saturated heterocycles. The number of hydrogen-bond donors (Lipinski definition) is 1. The second-order valence-corrected chi connectivity index (χ2v) is 5.42. The average molecular weight is 285 g/mol. The molecule has 0 aliphatic rings. The number of pyridine rings is 2. The van der Waals surface area contributed by atoms with Crippen LogP contribution in [0.5, 0.6) is 0 Å². The third-order valence-electron chi connectivity index (χ3n) is 3.89. The van der Waals surface area contributed by atoms with E-state index in [1.807, 2.05) is 37.3 Å². The van der Waals surface area contributed by atoms with Gasteiger partial charge in [-0.3, -0.25) is 0 Å². The highest BCUT2D eigenvalue weighted by atomic mass is 14.9. The van der Waals surface area contributed by atoms with Gasteiger partial charge in [0.15, 0.2) is 0 Å². The predicted octanol–water partition coefficient (Wildman–Crippen LogP) is 4.34. The van der Waals surface area contributed by atoms with E-state index < -0.39 is 0 Å². The van der Waals surface area contributed by atoms with E-state index in [2.05, 4.69) is 35.3 Å². The third-order valence-corrected chi connectivity index (χ3v) is 3.89. The van der Waals surface area contributed by atoms with Crippen molar-refractivity contribution >= 4 is 27.5 Å². The first-order chi connectivity index (χ1) is 10.7. The predicted molar refractivity (Wildman–Crippen MR) is 91.6 cm³/mol. The van der Waals surface area contributed by atoms with Crippen LogP contribution in [0.25, 0.3) is 32.9 Å². The van der Waals surface area contributed by atoms with Crippen molar-refractivity contribution in [1.29, 1.82) is 0 Å². The molecule has 4 aromatic rings. The molecule has 2 N–H and O–H groups in total. The number of rotatable bonds is 1. The van der Waals surface area contributed by atoms with Gasteiger partial charge in [-0.2, -0.15) is 0 Å². The van der Waals surface area contributed by atoms with E-state index in [0.29, 0.717) is 5.82 Å². The maximum Gasteiger partial charge on any atom is 0.150 e. The lowest BCUT2D eigenvalue weighted by atomic mass is 10.0. The zero-order valence-electron chi connectivity index (χ0n) is 12.2. The number of aromatic nitrogens is 2. The Labute approximate surface area is 128 Å². The first-order valence-corrected chi connectivity index (χ1v) is 7.25. The fraction of sp³-hybridized carbons (Fsp3) is 0.0526. The minimum atomic E-state index is 0.484. The van der Waals surface area contributed by atoms with Crippen LogP contribution in [0.2, 0.25) is 0 Å². The quantitative estimate of drug-likeness (QED) is 0.529. The largest absolute Gasteiger partial charge is 0.382 e. The summed E-state index contributed by atoms with van der Waals surface area (Å²) in [5.74, 6) is 0.484. The molecule has 0 saturated carbocycles. The Kier molecular flexibility index (Phi) is 2.79. The third kappa shape index (κ3) is 1.91. The topological polar surface area (TPSA) is 51.8 Å². The van der Waals surface area contributed by atoms with Crippen molar-refractivity contribution in [3.63, 3.8) is 0 Å². The number of fused-ring (bicyclic) bond motifs is 3. The highest BCUT2D eigenvalue weighted by molar-refractivity contribution is 6.12. The average Bonchev–Trinajstić information content (AvgIpc) is 2.55. The highest BCUT2D eigenvalue weighted by Crippen LogP contribution is 2.33. The van der Waals surface area contributed by atoms with E-state index in [4.69, 9.17) is 10.7 Å². The Morgan fingerprint density at radius 3 is 2.23 bits per heavy atom. The summed E-state index contributed by atoms with van der Waals surface area (Å²) in [4.78, 5) is 9.19. The Morgan fingerprint density at radius 1 is 0.773 bits per heavy atom. The first-order valence-electron chi connectivity index (χ1n) is 7.25. The van der Waals surface area contributed by atoms with Crippen LogP contribution in [-0.2, 0) is 0 Å². The molecule has 2 aromatic carbocycles. The fourth-order valence-corrected chi connectivity index (χ4v) is 2.93. The van der Waals surface area contributed by atoms with Gasteiger partial charge in [0.2, 0.25) is 0 Å². The van der Waals surface area contributed by atoms with Gasteiger partial charge >= 0.3 is 0 Å². The molecule has 0 radical (unpaired) electrons. The number of nitrogen functional groups attached to an aromatic ring is 1. The zero-order chi connectivity index (χ0) is 15.1. The molecule has 0 aliphatic heterocycles. The lowest BCUT2D eigenvalue weighted by molar-refractivity contribution is 1.22. The Balaban J connectivity index is 2.21. The molecular formula is C19H15N3. The van der Waals surface area contributed by atoms with Crippen molar-refractivity contribution in [2.75, 3.05) is 5.73 Å².